The topological polar surface area (TPSA) is 124 Å². The summed E-state index contributed by atoms with van der Waals surface area (Å²) in [5.74, 6) is -1.54. The van der Waals surface area contributed by atoms with Gasteiger partial charge in [0.1, 0.15) is 9.84 Å². The molecule has 0 unspecified atom stereocenters. The zero-order valence-corrected chi connectivity index (χ0v) is 11.4. The third kappa shape index (κ3) is 4.84. The lowest BCUT2D eigenvalue weighted by molar-refractivity contribution is -0.385. The fourth-order valence-electron chi connectivity index (χ4n) is 1.42. The van der Waals surface area contributed by atoms with Gasteiger partial charge in [0.05, 0.1) is 22.8 Å². The molecule has 0 bridgehead atoms. The molecule has 0 amide bonds. The van der Waals surface area contributed by atoms with Gasteiger partial charge in [-0.25, -0.2) is 13.2 Å². The molecule has 0 heterocycles. The van der Waals surface area contributed by atoms with Gasteiger partial charge < -0.3 is 9.84 Å². The van der Waals surface area contributed by atoms with E-state index in [0.717, 1.165) is 24.5 Å². The van der Waals surface area contributed by atoms with Gasteiger partial charge in [0.25, 0.3) is 0 Å². The van der Waals surface area contributed by atoms with Crippen LogP contribution < -0.4 is 4.74 Å². The van der Waals surface area contributed by atoms with Crippen molar-refractivity contribution in [3.05, 3.63) is 33.9 Å². The maximum atomic E-state index is 10.9. The molecule has 1 rings (SSSR count). The van der Waals surface area contributed by atoms with Crippen LogP contribution in [0.25, 0.3) is 0 Å². The molecule has 0 spiro atoms. The van der Waals surface area contributed by atoms with E-state index in [9.17, 15) is 23.3 Å². The summed E-state index contributed by atoms with van der Waals surface area (Å²) in [6.07, 6.45) is 1.23. The number of carboxylic acid groups (broad SMARTS) is 1. The highest BCUT2D eigenvalue weighted by Crippen LogP contribution is 2.28. The van der Waals surface area contributed by atoms with E-state index in [0.29, 0.717) is 0 Å². The van der Waals surface area contributed by atoms with Crippen molar-refractivity contribution in [1.82, 2.24) is 0 Å². The molecule has 20 heavy (non-hydrogen) atoms. The van der Waals surface area contributed by atoms with Crippen LogP contribution in [-0.2, 0) is 9.84 Å². The van der Waals surface area contributed by atoms with Crippen LogP contribution in [0.3, 0.4) is 0 Å². The van der Waals surface area contributed by atoms with Crippen LogP contribution in [0.15, 0.2) is 18.2 Å². The molecule has 0 aliphatic heterocycles. The lowest BCUT2D eigenvalue weighted by Gasteiger charge is -2.07. The Morgan fingerprint density at radius 3 is 2.60 bits per heavy atom. The highest BCUT2D eigenvalue weighted by atomic mass is 32.2. The van der Waals surface area contributed by atoms with Crippen molar-refractivity contribution >= 4 is 21.5 Å². The second-order valence-corrected chi connectivity index (χ2v) is 6.34. The standard InChI is InChI=1S/C11H13NO7S/c1-20(17,18)6-2-5-19-10-7-8(11(13)14)3-4-9(10)12(15)16/h3-4,7H,2,5-6H2,1H3,(H,13,14). The molecule has 9 heteroatoms. The van der Waals surface area contributed by atoms with Crippen LogP contribution in [0.2, 0.25) is 0 Å². The Morgan fingerprint density at radius 2 is 2.10 bits per heavy atom. The number of carboxylic acids is 1. The minimum Gasteiger partial charge on any atom is -0.487 e. The number of aromatic carboxylic acids is 1. The van der Waals surface area contributed by atoms with Crippen molar-refractivity contribution in [2.75, 3.05) is 18.6 Å². The molecule has 0 aliphatic carbocycles. The van der Waals surface area contributed by atoms with Gasteiger partial charge in [-0.15, -0.1) is 0 Å². The smallest absolute Gasteiger partial charge is 0.335 e. The normalized spacial score (nSPS) is 11.1. The number of nitro groups is 1. The number of ether oxygens (including phenoxy) is 1. The van der Waals surface area contributed by atoms with Crippen molar-refractivity contribution in [2.24, 2.45) is 0 Å². The zero-order valence-electron chi connectivity index (χ0n) is 10.6. The molecule has 110 valence electrons. The lowest BCUT2D eigenvalue weighted by Crippen LogP contribution is -2.09. The van der Waals surface area contributed by atoms with Crippen molar-refractivity contribution in [3.8, 4) is 5.75 Å². The van der Waals surface area contributed by atoms with E-state index >= 15 is 0 Å². The Hall–Kier alpha value is -2.16. The third-order valence-electron chi connectivity index (χ3n) is 2.32. The summed E-state index contributed by atoms with van der Waals surface area (Å²) in [5.41, 5.74) is -0.511. The van der Waals surface area contributed by atoms with Gasteiger partial charge >= 0.3 is 11.7 Å². The summed E-state index contributed by atoms with van der Waals surface area (Å²) in [6, 6.07) is 3.18. The summed E-state index contributed by atoms with van der Waals surface area (Å²) in [6.45, 7) is -0.0585. The zero-order chi connectivity index (χ0) is 15.3. The first-order valence-electron chi connectivity index (χ1n) is 5.53. The molecule has 0 fully saturated rings. The first-order chi connectivity index (χ1) is 9.20. The molecule has 0 saturated carbocycles. The second kappa shape index (κ2) is 6.33. The Balaban J connectivity index is 2.83. The number of rotatable bonds is 7. The molecule has 8 nitrogen and oxygen atoms in total. The number of nitro benzene ring substituents is 1. The number of hydrogen-bond donors (Lipinski definition) is 1. The monoisotopic (exact) mass is 303 g/mol. The molecule has 0 atom stereocenters. The van der Waals surface area contributed by atoms with E-state index in [1.54, 1.807) is 0 Å². The predicted molar refractivity (Wildman–Crippen MR) is 69.9 cm³/mol. The largest absolute Gasteiger partial charge is 0.487 e. The summed E-state index contributed by atoms with van der Waals surface area (Å²) in [5, 5.41) is 19.6. The quantitative estimate of drug-likeness (QED) is 0.454. The fraction of sp³-hybridized carbons (Fsp3) is 0.364. The molecule has 0 radical (unpaired) electrons. The van der Waals surface area contributed by atoms with Crippen molar-refractivity contribution in [3.63, 3.8) is 0 Å². The summed E-state index contributed by atoms with van der Waals surface area (Å²) < 4.78 is 27.0. The Labute approximate surface area is 115 Å². The number of benzene rings is 1. The SMILES string of the molecule is CS(=O)(=O)CCCOc1cc(C(=O)O)ccc1[N+](=O)[O-]. The molecule has 0 aromatic heterocycles. The summed E-state index contributed by atoms with van der Waals surface area (Å²) in [7, 11) is -3.13. The average molecular weight is 303 g/mol. The van der Waals surface area contributed by atoms with Crippen molar-refractivity contribution < 1.29 is 28.0 Å². The van der Waals surface area contributed by atoms with Crippen LogP contribution in [0, 0.1) is 10.1 Å². The van der Waals surface area contributed by atoms with Gasteiger partial charge in [-0.1, -0.05) is 0 Å². The summed E-state index contributed by atoms with van der Waals surface area (Å²) in [4.78, 5) is 20.9. The van der Waals surface area contributed by atoms with Crippen molar-refractivity contribution in [1.29, 1.82) is 0 Å². The van der Waals surface area contributed by atoms with Gasteiger partial charge in [-0.05, 0) is 12.5 Å². The van der Waals surface area contributed by atoms with Gasteiger partial charge in [0.2, 0.25) is 0 Å². The molecule has 1 aromatic carbocycles. The van der Waals surface area contributed by atoms with Gasteiger partial charge in [-0.3, -0.25) is 10.1 Å². The number of hydrogen-bond acceptors (Lipinski definition) is 6. The Bertz CT molecular complexity index is 624. The van der Waals surface area contributed by atoms with E-state index in [1.165, 1.54) is 0 Å². The fourth-order valence-corrected chi connectivity index (χ4v) is 2.06. The van der Waals surface area contributed by atoms with Crippen LogP contribution in [-0.4, -0.2) is 43.0 Å². The highest BCUT2D eigenvalue weighted by Gasteiger charge is 2.18. The van der Waals surface area contributed by atoms with E-state index in [-0.39, 0.29) is 35.8 Å². The minimum absolute atomic E-state index is 0.0585. The van der Waals surface area contributed by atoms with E-state index < -0.39 is 20.7 Å². The maximum Gasteiger partial charge on any atom is 0.335 e. The van der Waals surface area contributed by atoms with Crippen LogP contribution in [0.4, 0.5) is 5.69 Å². The van der Waals surface area contributed by atoms with E-state index in [1.807, 2.05) is 0 Å². The number of nitrogens with zero attached hydrogens (tertiary/aromatic N) is 1. The second-order valence-electron chi connectivity index (χ2n) is 4.08. The van der Waals surface area contributed by atoms with Crippen LogP contribution >= 0.6 is 0 Å². The first kappa shape index (κ1) is 15.9. The molecule has 1 N–H and O–H groups in total. The van der Waals surface area contributed by atoms with Crippen molar-refractivity contribution in [2.45, 2.75) is 6.42 Å². The first-order valence-corrected chi connectivity index (χ1v) is 7.59. The van der Waals surface area contributed by atoms with Gasteiger partial charge in [0, 0.05) is 18.4 Å². The summed E-state index contributed by atoms with van der Waals surface area (Å²) >= 11 is 0. The van der Waals surface area contributed by atoms with E-state index in [4.69, 9.17) is 9.84 Å². The van der Waals surface area contributed by atoms with E-state index in [2.05, 4.69) is 0 Å². The average Bonchev–Trinajstić information content (AvgIpc) is 2.33. The Morgan fingerprint density at radius 1 is 1.45 bits per heavy atom. The van der Waals surface area contributed by atoms with Gasteiger partial charge in [0.15, 0.2) is 5.75 Å². The Kier molecular flexibility index (Phi) is 5.03. The highest BCUT2D eigenvalue weighted by molar-refractivity contribution is 7.90. The predicted octanol–water partition coefficient (Wildman–Crippen LogP) is 1.11. The maximum absolute atomic E-state index is 10.9. The molecular weight excluding hydrogens is 290 g/mol. The van der Waals surface area contributed by atoms with Crippen LogP contribution in [0.1, 0.15) is 16.8 Å². The number of carbonyl (C=O) groups is 1. The molecule has 1 aromatic rings. The minimum atomic E-state index is -3.13. The number of sulfone groups is 1. The third-order valence-corrected chi connectivity index (χ3v) is 3.35. The lowest BCUT2D eigenvalue weighted by atomic mass is 10.2. The molecule has 0 saturated heterocycles. The van der Waals surface area contributed by atoms with Crippen LogP contribution in [0.5, 0.6) is 5.75 Å². The molecule has 0 aliphatic rings. The van der Waals surface area contributed by atoms with Gasteiger partial charge in [-0.2, -0.15) is 0 Å². The molecular formula is C11H13NO7S.